The summed E-state index contributed by atoms with van der Waals surface area (Å²) >= 11 is 0. The van der Waals surface area contributed by atoms with Gasteiger partial charge in [0, 0.05) is 12.2 Å². The molecule has 15 heavy (non-hydrogen) atoms. The molecule has 3 nitrogen and oxygen atoms in total. The van der Waals surface area contributed by atoms with Crippen LogP contribution in [0.25, 0.3) is 0 Å². The summed E-state index contributed by atoms with van der Waals surface area (Å²) in [7, 11) is 0. The van der Waals surface area contributed by atoms with Crippen LogP contribution in [0.2, 0.25) is 0 Å². The van der Waals surface area contributed by atoms with Crippen molar-refractivity contribution in [2.45, 2.75) is 12.8 Å². The van der Waals surface area contributed by atoms with Crippen LogP contribution >= 0.6 is 0 Å². The van der Waals surface area contributed by atoms with E-state index < -0.39 is 5.91 Å². The minimum absolute atomic E-state index is 0.150. The number of aliphatic hydroxyl groups is 1. The van der Waals surface area contributed by atoms with Gasteiger partial charge in [0.1, 0.15) is 0 Å². The topological polar surface area (TPSA) is 63.3 Å². The van der Waals surface area contributed by atoms with E-state index in [-0.39, 0.29) is 6.61 Å². The summed E-state index contributed by atoms with van der Waals surface area (Å²) in [5.74, 6) is 4.39. The summed E-state index contributed by atoms with van der Waals surface area (Å²) in [4.78, 5) is 10.5. The van der Waals surface area contributed by atoms with Gasteiger partial charge in [-0.05, 0) is 30.4 Å². The van der Waals surface area contributed by atoms with Crippen molar-refractivity contribution >= 4 is 5.91 Å². The van der Waals surface area contributed by atoms with Crippen LogP contribution in [0.1, 0.15) is 17.5 Å². The molecule has 0 aliphatic heterocycles. The maximum absolute atomic E-state index is 10.5. The Hall–Kier alpha value is -1.79. The van der Waals surface area contributed by atoms with Crippen LogP contribution in [0.15, 0.2) is 24.3 Å². The molecule has 78 valence electrons. The lowest BCUT2D eigenvalue weighted by atomic mass is 10.0. The number of aliphatic hydroxyl groups excluding tert-OH is 1. The van der Waals surface area contributed by atoms with Gasteiger partial charge in [0.25, 0.3) is 5.91 Å². The molecule has 0 aliphatic carbocycles. The number of benzene rings is 1. The van der Waals surface area contributed by atoms with Crippen LogP contribution in [-0.2, 0) is 11.2 Å². The summed E-state index contributed by atoms with van der Waals surface area (Å²) < 4.78 is 0. The number of hydrogen-bond donors (Lipinski definition) is 2. The van der Waals surface area contributed by atoms with Gasteiger partial charge in [-0.25, -0.2) is 0 Å². The largest absolute Gasteiger partial charge is 0.396 e. The Kier molecular flexibility index (Phi) is 4.39. The number of rotatable bonds is 3. The van der Waals surface area contributed by atoms with Gasteiger partial charge < -0.3 is 10.8 Å². The van der Waals surface area contributed by atoms with Gasteiger partial charge in [-0.1, -0.05) is 24.1 Å². The van der Waals surface area contributed by atoms with E-state index >= 15 is 0 Å². The molecular weight excluding hydrogens is 190 g/mol. The third-order valence-corrected chi connectivity index (χ3v) is 1.94. The molecule has 0 bridgehead atoms. The predicted molar refractivity (Wildman–Crippen MR) is 57.9 cm³/mol. The zero-order valence-electron chi connectivity index (χ0n) is 8.36. The highest BCUT2D eigenvalue weighted by Gasteiger charge is 1.98. The molecule has 0 atom stereocenters. The Bertz CT molecular complexity index is 402. The normalized spacial score (nSPS) is 9.13. The SMILES string of the molecule is NC(=O)C#Cc1ccccc1CCCO. The summed E-state index contributed by atoms with van der Waals surface area (Å²) in [6.07, 6.45) is 1.44. The van der Waals surface area contributed by atoms with Crippen LogP contribution in [0.4, 0.5) is 0 Å². The van der Waals surface area contributed by atoms with Crippen LogP contribution in [0.5, 0.6) is 0 Å². The molecule has 1 amide bonds. The Labute approximate surface area is 88.9 Å². The third kappa shape index (κ3) is 3.84. The third-order valence-electron chi connectivity index (χ3n) is 1.94. The second-order valence-corrected chi connectivity index (χ2v) is 3.10. The molecule has 0 radical (unpaired) electrons. The van der Waals surface area contributed by atoms with E-state index in [2.05, 4.69) is 11.8 Å². The van der Waals surface area contributed by atoms with Crippen molar-refractivity contribution in [2.24, 2.45) is 5.73 Å². The molecule has 1 aromatic carbocycles. The molecule has 1 rings (SSSR count). The van der Waals surface area contributed by atoms with E-state index in [4.69, 9.17) is 10.8 Å². The molecule has 0 heterocycles. The van der Waals surface area contributed by atoms with E-state index in [1.165, 1.54) is 0 Å². The molecule has 0 aliphatic rings. The zero-order chi connectivity index (χ0) is 11.1. The molecule has 0 saturated carbocycles. The Morgan fingerprint density at radius 2 is 2.13 bits per heavy atom. The number of nitrogens with two attached hydrogens (primary N) is 1. The maximum Gasteiger partial charge on any atom is 0.293 e. The summed E-state index contributed by atoms with van der Waals surface area (Å²) in [5.41, 5.74) is 6.76. The first-order chi connectivity index (χ1) is 7.24. The standard InChI is InChI=1S/C12H13NO2/c13-12(15)8-7-11-5-2-1-4-10(11)6-3-9-14/h1-2,4-5,14H,3,6,9H2,(H2,13,15). The Morgan fingerprint density at radius 1 is 1.40 bits per heavy atom. The van der Waals surface area contributed by atoms with Crippen LogP contribution in [-0.4, -0.2) is 17.6 Å². The van der Waals surface area contributed by atoms with Gasteiger partial charge in [-0.2, -0.15) is 0 Å². The van der Waals surface area contributed by atoms with Crippen molar-refractivity contribution in [3.63, 3.8) is 0 Å². The van der Waals surface area contributed by atoms with Crippen LogP contribution < -0.4 is 5.73 Å². The Balaban J connectivity index is 2.87. The fraction of sp³-hybridized carbons (Fsp3) is 0.250. The van der Waals surface area contributed by atoms with Crippen molar-refractivity contribution < 1.29 is 9.90 Å². The van der Waals surface area contributed by atoms with Gasteiger partial charge in [0.2, 0.25) is 0 Å². The van der Waals surface area contributed by atoms with Crippen LogP contribution in [0.3, 0.4) is 0 Å². The molecule has 0 aromatic heterocycles. The molecule has 3 heteroatoms. The monoisotopic (exact) mass is 203 g/mol. The summed E-state index contributed by atoms with van der Waals surface area (Å²) in [6.45, 7) is 0.150. The highest BCUT2D eigenvalue weighted by atomic mass is 16.2. The molecular formula is C12H13NO2. The van der Waals surface area contributed by atoms with E-state index in [0.29, 0.717) is 6.42 Å². The lowest BCUT2D eigenvalue weighted by Gasteiger charge is -2.02. The smallest absolute Gasteiger partial charge is 0.293 e. The van der Waals surface area contributed by atoms with E-state index in [9.17, 15) is 4.79 Å². The molecule has 1 aromatic rings. The van der Waals surface area contributed by atoms with Gasteiger partial charge in [0.05, 0.1) is 0 Å². The minimum Gasteiger partial charge on any atom is -0.396 e. The Morgan fingerprint density at radius 3 is 2.80 bits per heavy atom. The number of carbonyl (C=O) groups excluding carboxylic acids is 1. The summed E-state index contributed by atoms with van der Waals surface area (Å²) in [6, 6.07) is 7.53. The van der Waals surface area contributed by atoms with Crippen molar-refractivity contribution in [1.29, 1.82) is 0 Å². The van der Waals surface area contributed by atoms with Gasteiger partial charge in [0.15, 0.2) is 0 Å². The second-order valence-electron chi connectivity index (χ2n) is 3.10. The molecule has 0 unspecified atom stereocenters. The zero-order valence-corrected chi connectivity index (χ0v) is 8.36. The minimum atomic E-state index is -0.632. The number of aryl methyl sites for hydroxylation is 1. The number of carbonyl (C=O) groups is 1. The van der Waals surface area contributed by atoms with E-state index in [1.54, 1.807) is 0 Å². The van der Waals surface area contributed by atoms with Crippen molar-refractivity contribution in [3.05, 3.63) is 35.4 Å². The van der Waals surface area contributed by atoms with Crippen molar-refractivity contribution in [1.82, 2.24) is 0 Å². The number of amides is 1. The first-order valence-corrected chi connectivity index (χ1v) is 4.74. The molecule has 3 N–H and O–H groups in total. The van der Waals surface area contributed by atoms with Crippen molar-refractivity contribution in [2.75, 3.05) is 6.61 Å². The first kappa shape index (κ1) is 11.3. The molecule has 0 saturated heterocycles. The lowest BCUT2D eigenvalue weighted by molar-refractivity contribution is -0.112. The van der Waals surface area contributed by atoms with Gasteiger partial charge >= 0.3 is 0 Å². The highest BCUT2D eigenvalue weighted by Crippen LogP contribution is 2.09. The highest BCUT2D eigenvalue weighted by molar-refractivity contribution is 5.92. The van der Waals surface area contributed by atoms with Gasteiger partial charge in [-0.15, -0.1) is 0 Å². The van der Waals surface area contributed by atoms with E-state index in [0.717, 1.165) is 17.5 Å². The van der Waals surface area contributed by atoms with Crippen molar-refractivity contribution in [3.8, 4) is 11.8 Å². The number of hydrogen-bond acceptors (Lipinski definition) is 2. The average molecular weight is 203 g/mol. The fourth-order valence-corrected chi connectivity index (χ4v) is 1.26. The first-order valence-electron chi connectivity index (χ1n) is 4.74. The predicted octanol–water partition coefficient (Wildman–Crippen LogP) is 0.448. The maximum atomic E-state index is 10.5. The molecule has 0 fully saturated rings. The molecule has 0 spiro atoms. The fourth-order valence-electron chi connectivity index (χ4n) is 1.26. The average Bonchev–Trinajstić information content (AvgIpc) is 2.24. The van der Waals surface area contributed by atoms with E-state index in [1.807, 2.05) is 24.3 Å². The summed E-state index contributed by atoms with van der Waals surface area (Å²) in [5, 5.41) is 8.73. The second kappa shape index (κ2) is 5.84. The lowest BCUT2D eigenvalue weighted by Crippen LogP contribution is -2.06. The quantitative estimate of drug-likeness (QED) is 0.700. The van der Waals surface area contributed by atoms with Crippen LogP contribution in [0, 0.1) is 11.8 Å². The van der Waals surface area contributed by atoms with Gasteiger partial charge in [-0.3, -0.25) is 4.79 Å². The number of primary amides is 1.